The van der Waals surface area contributed by atoms with Crippen LogP contribution in [0.1, 0.15) is 71.1 Å². The number of hydrogen-bond acceptors (Lipinski definition) is 7. The first kappa shape index (κ1) is 18.4. The number of unbranched alkanes of at least 4 members (excludes halogenated alkanes) is 2. The van der Waals surface area contributed by atoms with Gasteiger partial charge in [0.2, 0.25) is 0 Å². The number of thiazole rings is 2. The van der Waals surface area contributed by atoms with Gasteiger partial charge in [0.05, 0.1) is 0 Å². The first-order valence-corrected chi connectivity index (χ1v) is 10.3. The predicted octanol–water partition coefficient (Wildman–Crippen LogP) is 4.15. The molecule has 0 aliphatic heterocycles. The lowest BCUT2D eigenvalue weighted by molar-refractivity contribution is -0.121. The summed E-state index contributed by atoms with van der Waals surface area (Å²) in [4.78, 5) is 35.0. The topological polar surface area (TPSA) is 80.2 Å². The number of aliphatic hydroxyl groups is 1. The van der Waals surface area contributed by atoms with Gasteiger partial charge in [-0.25, -0.2) is 9.97 Å². The zero-order chi connectivity index (χ0) is 17.8. The van der Waals surface area contributed by atoms with E-state index in [0.29, 0.717) is 24.5 Å². The SMILES string of the molecule is Cc1cnc(-c2nc(C(=O)CCCCCC(=O)CO)c(C3CC3)s2)s1. The van der Waals surface area contributed by atoms with E-state index in [4.69, 9.17) is 5.11 Å². The minimum Gasteiger partial charge on any atom is -0.389 e. The van der Waals surface area contributed by atoms with Crippen LogP contribution < -0.4 is 0 Å². The van der Waals surface area contributed by atoms with E-state index in [9.17, 15) is 9.59 Å². The van der Waals surface area contributed by atoms with Crippen LogP contribution >= 0.6 is 22.7 Å². The molecule has 1 fully saturated rings. The molecule has 2 aromatic rings. The van der Waals surface area contributed by atoms with Crippen molar-refractivity contribution in [1.29, 1.82) is 0 Å². The maximum absolute atomic E-state index is 12.6. The Morgan fingerprint density at radius 1 is 1.16 bits per heavy atom. The molecule has 7 heteroatoms. The van der Waals surface area contributed by atoms with Gasteiger partial charge in [-0.3, -0.25) is 9.59 Å². The highest BCUT2D eigenvalue weighted by Crippen LogP contribution is 2.46. The van der Waals surface area contributed by atoms with Gasteiger partial charge in [-0.15, -0.1) is 22.7 Å². The maximum atomic E-state index is 12.6. The number of Topliss-reactive ketones (excluding diaryl/α,β-unsaturated/α-hetero) is 2. The monoisotopic (exact) mass is 378 g/mol. The third-order valence-corrected chi connectivity index (χ3v) is 6.48. The highest BCUT2D eigenvalue weighted by molar-refractivity contribution is 7.21. The number of aliphatic hydroxyl groups excluding tert-OH is 1. The number of ketones is 2. The summed E-state index contributed by atoms with van der Waals surface area (Å²) in [6, 6.07) is 0. The maximum Gasteiger partial charge on any atom is 0.182 e. The minimum absolute atomic E-state index is 0.103. The van der Waals surface area contributed by atoms with Crippen molar-refractivity contribution < 1.29 is 14.7 Å². The number of rotatable bonds is 10. The first-order chi connectivity index (χ1) is 12.1. The molecule has 2 aromatic heterocycles. The summed E-state index contributed by atoms with van der Waals surface area (Å²) in [5, 5.41) is 10.5. The Morgan fingerprint density at radius 3 is 2.56 bits per heavy atom. The van der Waals surface area contributed by atoms with Crippen molar-refractivity contribution >= 4 is 34.2 Å². The van der Waals surface area contributed by atoms with Crippen LogP contribution in [0, 0.1) is 6.92 Å². The fraction of sp³-hybridized carbons (Fsp3) is 0.556. The Kier molecular flexibility index (Phi) is 6.09. The summed E-state index contributed by atoms with van der Waals surface area (Å²) in [5.74, 6) is 0.463. The van der Waals surface area contributed by atoms with Crippen molar-refractivity contribution in [2.75, 3.05) is 6.61 Å². The molecule has 1 aliphatic carbocycles. The molecule has 0 aromatic carbocycles. The average Bonchev–Trinajstić information content (AvgIpc) is 3.20. The van der Waals surface area contributed by atoms with E-state index in [2.05, 4.69) is 9.97 Å². The van der Waals surface area contributed by atoms with Gasteiger partial charge in [0.1, 0.15) is 12.3 Å². The van der Waals surface area contributed by atoms with E-state index < -0.39 is 0 Å². The highest BCUT2D eigenvalue weighted by Gasteiger charge is 2.32. The van der Waals surface area contributed by atoms with E-state index >= 15 is 0 Å². The number of carbonyl (C=O) groups is 2. The molecular formula is C18H22N2O3S2. The summed E-state index contributed by atoms with van der Waals surface area (Å²) >= 11 is 3.23. The summed E-state index contributed by atoms with van der Waals surface area (Å²) in [6.07, 6.45) is 7.28. The molecule has 2 heterocycles. The zero-order valence-corrected chi connectivity index (χ0v) is 15.9. The van der Waals surface area contributed by atoms with Gasteiger partial charge >= 0.3 is 0 Å². The third-order valence-electron chi connectivity index (χ3n) is 4.21. The van der Waals surface area contributed by atoms with Crippen LogP contribution in [0.5, 0.6) is 0 Å². The molecular weight excluding hydrogens is 356 g/mol. The number of aromatic nitrogens is 2. The summed E-state index contributed by atoms with van der Waals surface area (Å²) in [7, 11) is 0. The van der Waals surface area contributed by atoms with E-state index in [0.717, 1.165) is 51.9 Å². The number of aryl methyl sites for hydroxylation is 1. The van der Waals surface area contributed by atoms with Crippen LogP contribution in [0.3, 0.4) is 0 Å². The minimum atomic E-state index is -0.387. The van der Waals surface area contributed by atoms with Crippen molar-refractivity contribution in [3.05, 3.63) is 21.6 Å². The van der Waals surface area contributed by atoms with E-state index in [1.807, 2.05) is 13.1 Å². The Balaban J connectivity index is 1.61. The largest absolute Gasteiger partial charge is 0.389 e. The predicted molar refractivity (Wildman–Crippen MR) is 99.4 cm³/mol. The summed E-state index contributed by atoms with van der Waals surface area (Å²) in [5.41, 5.74) is 0.641. The van der Waals surface area contributed by atoms with E-state index in [1.54, 1.807) is 22.7 Å². The fourth-order valence-electron chi connectivity index (χ4n) is 2.68. The summed E-state index contributed by atoms with van der Waals surface area (Å²) < 4.78 is 0. The molecule has 25 heavy (non-hydrogen) atoms. The highest BCUT2D eigenvalue weighted by atomic mass is 32.1. The smallest absolute Gasteiger partial charge is 0.182 e. The van der Waals surface area contributed by atoms with Crippen molar-refractivity contribution in [3.63, 3.8) is 0 Å². The normalized spacial score (nSPS) is 14.0. The average molecular weight is 379 g/mol. The number of carbonyl (C=O) groups excluding carboxylic acids is 2. The Hall–Kier alpha value is -1.44. The van der Waals surface area contributed by atoms with Gasteiger partial charge in [-0.1, -0.05) is 6.42 Å². The van der Waals surface area contributed by atoms with E-state index in [-0.39, 0.29) is 18.2 Å². The second kappa shape index (κ2) is 8.29. The van der Waals surface area contributed by atoms with Gasteiger partial charge in [0, 0.05) is 28.8 Å². The molecule has 1 N–H and O–H groups in total. The van der Waals surface area contributed by atoms with Gasteiger partial charge in [-0.05, 0) is 38.5 Å². The molecule has 0 unspecified atom stereocenters. The molecule has 0 bridgehead atoms. The van der Waals surface area contributed by atoms with Crippen molar-refractivity contribution in [2.45, 2.75) is 57.8 Å². The summed E-state index contributed by atoms with van der Waals surface area (Å²) in [6.45, 7) is 1.63. The molecule has 0 spiro atoms. The quantitative estimate of drug-likeness (QED) is 0.496. The van der Waals surface area contributed by atoms with Crippen molar-refractivity contribution in [2.24, 2.45) is 0 Å². The van der Waals surface area contributed by atoms with Crippen LogP contribution in [0.2, 0.25) is 0 Å². The Labute approximate surface area is 155 Å². The zero-order valence-electron chi connectivity index (χ0n) is 14.3. The lowest BCUT2D eigenvalue weighted by Crippen LogP contribution is -2.04. The van der Waals surface area contributed by atoms with Crippen LogP contribution in [-0.4, -0.2) is 33.2 Å². The molecule has 0 atom stereocenters. The van der Waals surface area contributed by atoms with Crippen LogP contribution in [0.4, 0.5) is 0 Å². The standard InChI is InChI=1S/C18H22N2O3S2/c1-11-9-19-17(24-11)18-20-15(16(25-18)12-7-8-12)14(23)6-4-2-3-5-13(22)10-21/h9,12,21H,2-8,10H2,1H3. The molecule has 1 saturated carbocycles. The molecule has 0 saturated heterocycles. The van der Waals surface area contributed by atoms with Gasteiger partial charge in [0.25, 0.3) is 0 Å². The number of hydrogen-bond donors (Lipinski definition) is 1. The molecule has 0 amide bonds. The van der Waals surface area contributed by atoms with Crippen LogP contribution in [0.25, 0.3) is 10.0 Å². The molecule has 0 radical (unpaired) electrons. The molecule has 134 valence electrons. The Morgan fingerprint density at radius 2 is 1.92 bits per heavy atom. The second-order valence-corrected chi connectivity index (χ2v) is 8.73. The number of nitrogens with zero attached hydrogens (tertiary/aromatic N) is 2. The Bertz CT molecular complexity index is 762. The van der Waals surface area contributed by atoms with Crippen molar-refractivity contribution in [1.82, 2.24) is 9.97 Å². The third kappa shape index (κ3) is 4.80. The molecule has 5 nitrogen and oxygen atoms in total. The lowest BCUT2D eigenvalue weighted by atomic mass is 10.1. The van der Waals surface area contributed by atoms with Gasteiger partial charge < -0.3 is 5.11 Å². The van der Waals surface area contributed by atoms with E-state index in [1.165, 1.54) is 0 Å². The van der Waals surface area contributed by atoms with Crippen molar-refractivity contribution in [3.8, 4) is 10.0 Å². The van der Waals surface area contributed by atoms with Gasteiger partial charge in [-0.2, -0.15) is 0 Å². The van der Waals surface area contributed by atoms with Gasteiger partial charge in [0.15, 0.2) is 21.6 Å². The first-order valence-electron chi connectivity index (χ1n) is 8.67. The van der Waals surface area contributed by atoms with Crippen LogP contribution in [0.15, 0.2) is 6.20 Å². The second-order valence-electron chi connectivity index (χ2n) is 6.46. The lowest BCUT2D eigenvalue weighted by Gasteiger charge is -2.01. The molecule has 3 rings (SSSR count). The molecule has 1 aliphatic rings. The fourth-order valence-corrected chi connectivity index (χ4v) is 4.72. The van der Waals surface area contributed by atoms with Crippen LogP contribution in [-0.2, 0) is 4.79 Å².